The van der Waals surface area contributed by atoms with E-state index in [1.54, 1.807) is 0 Å². The van der Waals surface area contributed by atoms with E-state index in [0.717, 1.165) is 49.1 Å². The van der Waals surface area contributed by atoms with Crippen LogP contribution in [0.1, 0.15) is 41.6 Å². The number of hydrogen-bond donors (Lipinski definition) is 0. The second-order valence-electron chi connectivity index (χ2n) is 5.59. The zero-order chi connectivity index (χ0) is 15.1. The van der Waals surface area contributed by atoms with Crippen molar-refractivity contribution in [2.24, 2.45) is 0 Å². The highest BCUT2D eigenvalue weighted by atomic mass is 16.5. The molecule has 0 fully saturated rings. The molecule has 3 heteroatoms. The average molecular weight is 285 g/mol. The summed E-state index contributed by atoms with van der Waals surface area (Å²) in [4.78, 5) is 13.9. The van der Waals surface area contributed by atoms with E-state index >= 15 is 0 Å². The zero-order valence-electron chi connectivity index (χ0n) is 12.7. The molecule has 0 N–H and O–H groups in total. The highest BCUT2D eigenvalue weighted by Crippen LogP contribution is 2.25. The molecular formula is C18H23NO2. The van der Waals surface area contributed by atoms with Crippen molar-refractivity contribution >= 4 is 5.78 Å². The number of benzene rings is 1. The molecule has 0 spiro atoms. The van der Waals surface area contributed by atoms with Gasteiger partial charge < -0.3 is 4.74 Å². The summed E-state index contributed by atoms with van der Waals surface area (Å²) in [5.41, 5.74) is 2.02. The van der Waals surface area contributed by atoms with Gasteiger partial charge in [-0.25, -0.2) is 0 Å². The van der Waals surface area contributed by atoms with Gasteiger partial charge in [0.2, 0.25) is 0 Å². The van der Waals surface area contributed by atoms with Gasteiger partial charge in [0.1, 0.15) is 5.75 Å². The van der Waals surface area contributed by atoms with Crippen molar-refractivity contribution in [3.05, 3.63) is 29.3 Å². The van der Waals surface area contributed by atoms with Gasteiger partial charge in [0.05, 0.1) is 13.2 Å². The second-order valence-corrected chi connectivity index (χ2v) is 5.59. The van der Waals surface area contributed by atoms with E-state index in [1.165, 1.54) is 0 Å². The Hall–Kier alpha value is -1.79. The first-order valence-corrected chi connectivity index (χ1v) is 7.61. The molecule has 0 atom stereocenters. The van der Waals surface area contributed by atoms with Gasteiger partial charge in [-0.3, -0.25) is 9.69 Å². The molecule has 1 aliphatic carbocycles. The summed E-state index contributed by atoms with van der Waals surface area (Å²) in [7, 11) is 2.03. The van der Waals surface area contributed by atoms with Crippen molar-refractivity contribution in [1.82, 2.24) is 4.90 Å². The number of Topliss-reactive ketones (excluding diaryl/α,β-unsaturated/α-hetero) is 1. The second kappa shape index (κ2) is 7.85. The lowest BCUT2D eigenvalue weighted by Gasteiger charge is -2.16. The molecule has 0 bridgehead atoms. The molecule has 0 aromatic heterocycles. The fraction of sp³-hybridized carbons (Fsp3) is 0.500. The Labute approximate surface area is 127 Å². The van der Waals surface area contributed by atoms with E-state index in [0.29, 0.717) is 19.6 Å². The predicted octanol–water partition coefficient (Wildman–Crippen LogP) is 2.93. The molecule has 0 saturated carbocycles. The number of terminal acetylenes is 1. The molecule has 0 aliphatic heterocycles. The fourth-order valence-electron chi connectivity index (χ4n) is 2.62. The molecule has 0 unspecified atom stereocenters. The van der Waals surface area contributed by atoms with E-state index in [-0.39, 0.29) is 5.78 Å². The van der Waals surface area contributed by atoms with Crippen molar-refractivity contribution in [3.63, 3.8) is 0 Å². The molecule has 0 heterocycles. The first kappa shape index (κ1) is 15.6. The molecule has 3 nitrogen and oxygen atoms in total. The number of aryl methyl sites for hydroxylation is 1. The van der Waals surface area contributed by atoms with Crippen molar-refractivity contribution < 1.29 is 9.53 Å². The Morgan fingerprint density at radius 3 is 3.00 bits per heavy atom. The topological polar surface area (TPSA) is 29.5 Å². The normalized spacial score (nSPS) is 13.9. The third-order valence-electron chi connectivity index (χ3n) is 3.79. The van der Waals surface area contributed by atoms with Crippen LogP contribution in [0, 0.1) is 12.3 Å². The number of carbonyl (C=O) groups excluding carboxylic acids is 1. The van der Waals surface area contributed by atoms with E-state index < -0.39 is 0 Å². The average Bonchev–Trinajstić information content (AvgIpc) is 2.47. The summed E-state index contributed by atoms with van der Waals surface area (Å²) in [6.07, 6.45) is 9.95. The molecule has 1 aromatic carbocycles. The lowest BCUT2D eigenvalue weighted by Crippen LogP contribution is -2.20. The lowest BCUT2D eigenvalue weighted by atomic mass is 9.90. The van der Waals surface area contributed by atoms with E-state index in [9.17, 15) is 4.79 Å². The quantitative estimate of drug-likeness (QED) is 0.570. The fourth-order valence-corrected chi connectivity index (χ4v) is 2.62. The van der Waals surface area contributed by atoms with Crippen molar-refractivity contribution in [2.75, 3.05) is 26.7 Å². The number of carbonyl (C=O) groups is 1. The number of hydrogen-bond acceptors (Lipinski definition) is 3. The van der Waals surface area contributed by atoms with Crippen LogP contribution in [0.15, 0.2) is 18.2 Å². The van der Waals surface area contributed by atoms with Crippen LogP contribution in [0.4, 0.5) is 0 Å². The number of ketones is 1. The smallest absolute Gasteiger partial charge is 0.163 e. The number of rotatable bonds is 7. The molecule has 0 amide bonds. The first-order chi connectivity index (χ1) is 10.2. The number of unbranched alkanes of at least 4 members (excludes halogenated alkanes) is 1. The summed E-state index contributed by atoms with van der Waals surface area (Å²) in [6.45, 7) is 2.39. The minimum atomic E-state index is 0.263. The maximum Gasteiger partial charge on any atom is 0.163 e. The minimum absolute atomic E-state index is 0.263. The Balaban J connectivity index is 1.74. The summed E-state index contributed by atoms with van der Waals surface area (Å²) >= 11 is 0. The SMILES string of the molecule is C#CCN(C)CCCCOc1ccc2c(c1)CCCC2=O. The van der Waals surface area contributed by atoms with Crippen LogP contribution in [0.25, 0.3) is 0 Å². The Kier molecular flexibility index (Phi) is 5.83. The molecule has 112 valence electrons. The molecule has 0 saturated heterocycles. The Bertz CT molecular complexity index is 531. The number of fused-ring (bicyclic) bond motifs is 1. The van der Waals surface area contributed by atoms with Gasteiger partial charge in [-0.05, 0) is 63.0 Å². The van der Waals surface area contributed by atoms with Crippen LogP contribution in [-0.4, -0.2) is 37.4 Å². The highest BCUT2D eigenvalue weighted by molar-refractivity contribution is 5.98. The molecule has 0 radical (unpaired) electrons. The van der Waals surface area contributed by atoms with Crippen molar-refractivity contribution in [2.45, 2.75) is 32.1 Å². The van der Waals surface area contributed by atoms with Crippen LogP contribution in [0.3, 0.4) is 0 Å². The molecule has 1 aromatic rings. The first-order valence-electron chi connectivity index (χ1n) is 7.61. The maximum absolute atomic E-state index is 11.8. The van der Waals surface area contributed by atoms with Crippen LogP contribution in [-0.2, 0) is 6.42 Å². The largest absolute Gasteiger partial charge is 0.494 e. The van der Waals surface area contributed by atoms with Crippen LogP contribution in [0.5, 0.6) is 5.75 Å². The summed E-state index contributed by atoms with van der Waals surface area (Å²) in [6, 6.07) is 5.84. The van der Waals surface area contributed by atoms with Gasteiger partial charge in [0.15, 0.2) is 5.78 Å². The molecular weight excluding hydrogens is 262 g/mol. The van der Waals surface area contributed by atoms with E-state index in [4.69, 9.17) is 11.2 Å². The van der Waals surface area contributed by atoms with Gasteiger partial charge in [0.25, 0.3) is 0 Å². The van der Waals surface area contributed by atoms with Crippen LogP contribution in [0.2, 0.25) is 0 Å². The highest BCUT2D eigenvalue weighted by Gasteiger charge is 2.17. The number of ether oxygens (including phenoxy) is 1. The van der Waals surface area contributed by atoms with E-state index in [1.807, 2.05) is 25.2 Å². The molecule has 2 rings (SSSR count). The van der Waals surface area contributed by atoms with Crippen molar-refractivity contribution in [3.8, 4) is 18.1 Å². The third kappa shape index (κ3) is 4.61. The van der Waals surface area contributed by atoms with Crippen molar-refractivity contribution in [1.29, 1.82) is 0 Å². The summed E-state index contributed by atoms with van der Waals surface area (Å²) in [5.74, 6) is 3.77. The summed E-state index contributed by atoms with van der Waals surface area (Å²) in [5, 5.41) is 0. The monoisotopic (exact) mass is 285 g/mol. The van der Waals surface area contributed by atoms with Gasteiger partial charge in [-0.15, -0.1) is 6.42 Å². The lowest BCUT2D eigenvalue weighted by molar-refractivity contribution is 0.0972. The Morgan fingerprint density at radius 1 is 1.33 bits per heavy atom. The maximum atomic E-state index is 11.8. The zero-order valence-corrected chi connectivity index (χ0v) is 12.7. The third-order valence-corrected chi connectivity index (χ3v) is 3.79. The van der Waals surface area contributed by atoms with E-state index in [2.05, 4.69) is 10.8 Å². The predicted molar refractivity (Wildman–Crippen MR) is 84.8 cm³/mol. The van der Waals surface area contributed by atoms with Gasteiger partial charge >= 0.3 is 0 Å². The summed E-state index contributed by atoms with van der Waals surface area (Å²) < 4.78 is 5.78. The molecule has 21 heavy (non-hydrogen) atoms. The van der Waals surface area contributed by atoms with Gasteiger partial charge in [0, 0.05) is 12.0 Å². The minimum Gasteiger partial charge on any atom is -0.494 e. The van der Waals surface area contributed by atoms with Crippen LogP contribution >= 0.6 is 0 Å². The molecule has 1 aliphatic rings. The van der Waals surface area contributed by atoms with Gasteiger partial charge in [-0.1, -0.05) is 5.92 Å². The number of nitrogens with zero attached hydrogens (tertiary/aromatic N) is 1. The standard InChI is InChI=1S/C18H23NO2/c1-3-11-19(2)12-4-5-13-21-16-9-10-17-15(14-16)7-6-8-18(17)20/h1,9-10,14H,4-8,11-13H2,2H3. The van der Waals surface area contributed by atoms with Gasteiger partial charge in [-0.2, -0.15) is 0 Å². The Morgan fingerprint density at radius 2 is 2.19 bits per heavy atom. The van der Waals surface area contributed by atoms with Crippen LogP contribution < -0.4 is 4.74 Å².